The van der Waals surface area contributed by atoms with Crippen molar-refractivity contribution >= 4 is 11.7 Å². The van der Waals surface area contributed by atoms with Crippen LogP contribution in [-0.4, -0.2) is 17.5 Å². The molecule has 21 heavy (non-hydrogen) atoms. The molecule has 0 saturated carbocycles. The first kappa shape index (κ1) is 14.3. The smallest absolute Gasteiger partial charge is 0.375 e. The van der Waals surface area contributed by atoms with Crippen molar-refractivity contribution in [1.82, 2.24) is 0 Å². The number of aryl methyl sites for hydroxylation is 1. The van der Waals surface area contributed by atoms with Gasteiger partial charge >= 0.3 is 5.97 Å². The zero-order valence-corrected chi connectivity index (χ0v) is 11.2. The van der Waals surface area contributed by atoms with Crippen molar-refractivity contribution < 1.29 is 18.9 Å². The van der Waals surface area contributed by atoms with Gasteiger partial charge in [0.25, 0.3) is 5.69 Å². The molecule has 1 aromatic heterocycles. The van der Waals surface area contributed by atoms with Crippen LogP contribution in [0.2, 0.25) is 0 Å². The highest BCUT2D eigenvalue weighted by Crippen LogP contribution is 2.29. The van der Waals surface area contributed by atoms with Crippen molar-refractivity contribution in [3.05, 3.63) is 51.8 Å². The van der Waals surface area contributed by atoms with Crippen LogP contribution in [0.4, 0.5) is 5.69 Å². The van der Waals surface area contributed by atoms with E-state index in [0.29, 0.717) is 11.3 Å². The Morgan fingerprint density at radius 1 is 1.43 bits per heavy atom. The molecule has 0 radical (unpaired) electrons. The number of furan rings is 1. The molecule has 0 spiro atoms. The number of hydrogen-bond acceptors (Lipinski definition) is 5. The average Bonchev–Trinajstić information content (AvgIpc) is 2.94. The van der Waals surface area contributed by atoms with Gasteiger partial charge in [-0.05, 0) is 24.6 Å². The number of esters is 1. The van der Waals surface area contributed by atoms with Crippen LogP contribution in [0.5, 0.6) is 0 Å². The molecule has 2 aromatic rings. The Labute approximate surface area is 120 Å². The Balaban J connectivity index is 2.33. The highest BCUT2D eigenvalue weighted by atomic mass is 16.6. The lowest BCUT2D eigenvalue weighted by Gasteiger charge is -2.02. The van der Waals surface area contributed by atoms with Gasteiger partial charge in [0, 0.05) is 17.7 Å². The van der Waals surface area contributed by atoms with E-state index in [1.54, 1.807) is 19.1 Å². The molecule has 0 aliphatic carbocycles. The summed E-state index contributed by atoms with van der Waals surface area (Å²) in [4.78, 5) is 21.9. The molecule has 0 bridgehead atoms. The third-order valence-corrected chi connectivity index (χ3v) is 2.79. The summed E-state index contributed by atoms with van der Waals surface area (Å²) in [5.74, 6) is 1.84. The summed E-state index contributed by atoms with van der Waals surface area (Å²) in [7, 11) is 0. The standard InChI is InChI=1S/C15H11NO5/c1-3-8-20-15(17)14-7-6-13(21-14)12-9-11(16(18)19)5-4-10(12)2/h1,4-7,9H,8H2,2H3. The normalized spacial score (nSPS) is 9.90. The van der Waals surface area contributed by atoms with Crippen molar-refractivity contribution in [3.8, 4) is 23.7 Å². The summed E-state index contributed by atoms with van der Waals surface area (Å²) in [6.07, 6.45) is 4.99. The number of carbonyl (C=O) groups is 1. The Hall–Kier alpha value is -3.07. The fourth-order valence-corrected chi connectivity index (χ4v) is 1.76. The van der Waals surface area contributed by atoms with Crippen LogP contribution in [0.1, 0.15) is 16.1 Å². The first-order valence-electron chi connectivity index (χ1n) is 5.98. The lowest BCUT2D eigenvalue weighted by Crippen LogP contribution is -2.03. The van der Waals surface area contributed by atoms with E-state index in [1.165, 1.54) is 18.2 Å². The van der Waals surface area contributed by atoms with Gasteiger partial charge in [-0.2, -0.15) is 0 Å². The maximum absolute atomic E-state index is 11.6. The second kappa shape index (κ2) is 5.92. The molecule has 6 heteroatoms. The van der Waals surface area contributed by atoms with Crippen LogP contribution >= 0.6 is 0 Å². The number of hydrogen-bond donors (Lipinski definition) is 0. The Morgan fingerprint density at radius 3 is 2.86 bits per heavy atom. The van der Waals surface area contributed by atoms with Gasteiger partial charge in [-0.1, -0.05) is 12.0 Å². The maximum atomic E-state index is 11.6. The molecule has 6 nitrogen and oxygen atoms in total. The SMILES string of the molecule is C#CCOC(=O)c1ccc(-c2cc([N+](=O)[O-])ccc2C)o1. The molecule has 1 aromatic carbocycles. The number of nitro benzene ring substituents is 1. The maximum Gasteiger partial charge on any atom is 0.375 e. The number of non-ortho nitro benzene ring substituents is 1. The zero-order chi connectivity index (χ0) is 15.4. The molecule has 0 atom stereocenters. The molecule has 0 fully saturated rings. The predicted octanol–water partition coefficient (Wildman–Crippen LogP) is 2.95. The molecule has 1 heterocycles. The number of terminal acetylenes is 1. The molecule has 0 saturated heterocycles. The summed E-state index contributed by atoms with van der Waals surface area (Å²) < 4.78 is 10.1. The lowest BCUT2D eigenvalue weighted by molar-refractivity contribution is -0.384. The summed E-state index contributed by atoms with van der Waals surface area (Å²) in [6, 6.07) is 7.41. The molecular formula is C15H11NO5. The number of ether oxygens (including phenoxy) is 1. The molecule has 0 N–H and O–H groups in total. The molecule has 2 rings (SSSR count). The van der Waals surface area contributed by atoms with E-state index in [4.69, 9.17) is 15.6 Å². The largest absolute Gasteiger partial charge is 0.449 e. The molecule has 0 aliphatic heterocycles. The highest BCUT2D eigenvalue weighted by molar-refractivity contribution is 5.87. The first-order valence-corrected chi connectivity index (χ1v) is 5.98. The summed E-state index contributed by atoms with van der Waals surface area (Å²) >= 11 is 0. The van der Waals surface area contributed by atoms with Crippen LogP contribution in [0.3, 0.4) is 0 Å². The fourth-order valence-electron chi connectivity index (χ4n) is 1.76. The van der Waals surface area contributed by atoms with Gasteiger partial charge in [0.1, 0.15) is 5.76 Å². The van der Waals surface area contributed by atoms with Gasteiger partial charge in [0.15, 0.2) is 6.61 Å². The summed E-state index contributed by atoms with van der Waals surface area (Å²) in [5, 5.41) is 10.8. The van der Waals surface area contributed by atoms with E-state index >= 15 is 0 Å². The summed E-state index contributed by atoms with van der Waals surface area (Å²) in [5.41, 5.74) is 1.28. The van der Waals surface area contributed by atoms with Crippen molar-refractivity contribution in [1.29, 1.82) is 0 Å². The molecule has 0 unspecified atom stereocenters. The van der Waals surface area contributed by atoms with Gasteiger partial charge in [-0.15, -0.1) is 6.42 Å². The molecule has 0 aliphatic rings. The van der Waals surface area contributed by atoms with Crippen molar-refractivity contribution in [3.63, 3.8) is 0 Å². The number of nitro groups is 1. The van der Waals surface area contributed by atoms with Crippen LogP contribution < -0.4 is 0 Å². The number of benzene rings is 1. The minimum atomic E-state index is -0.678. The topological polar surface area (TPSA) is 82.6 Å². The van der Waals surface area contributed by atoms with Crippen molar-refractivity contribution in [2.45, 2.75) is 6.92 Å². The number of rotatable bonds is 4. The molecular weight excluding hydrogens is 274 g/mol. The van der Waals surface area contributed by atoms with E-state index in [-0.39, 0.29) is 18.1 Å². The van der Waals surface area contributed by atoms with E-state index < -0.39 is 10.9 Å². The van der Waals surface area contributed by atoms with E-state index in [9.17, 15) is 14.9 Å². The second-order valence-electron chi connectivity index (χ2n) is 4.20. The highest BCUT2D eigenvalue weighted by Gasteiger charge is 2.16. The van der Waals surface area contributed by atoms with Crippen LogP contribution in [0.25, 0.3) is 11.3 Å². The average molecular weight is 285 g/mol. The van der Waals surface area contributed by atoms with Crippen LogP contribution in [-0.2, 0) is 4.74 Å². The van der Waals surface area contributed by atoms with Gasteiger partial charge in [-0.3, -0.25) is 10.1 Å². The van der Waals surface area contributed by atoms with Crippen LogP contribution in [0.15, 0.2) is 34.7 Å². The minimum absolute atomic E-state index is 0.00819. The Bertz CT molecular complexity index is 739. The molecule has 106 valence electrons. The quantitative estimate of drug-likeness (QED) is 0.373. The predicted molar refractivity (Wildman–Crippen MR) is 74.7 cm³/mol. The number of carbonyl (C=O) groups excluding carboxylic acids is 1. The van der Waals surface area contributed by atoms with Crippen LogP contribution in [0, 0.1) is 29.4 Å². The third kappa shape index (κ3) is 3.09. The zero-order valence-electron chi connectivity index (χ0n) is 11.2. The van der Waals surface area contributed by atoms with E-state index in [1.807, 2.05) is 0 Å². The second-order valence-corrected chi connectivity index (χ2v) is 4.20. The number of nitrogens with zero attached hydrogens (tertiary/aromatic N) is 1. The van der Waals surface area contributed by atoms with E-state index in [0.717, 1.165) is 5.56 Å². The van der Waals surface area contributed by atoms with Crippen molar-refractivity contribution in [2.24, 2.45) is 0 Å². The Kier molecular flexibility index (Phi) is 4.05. The van der Waals surface area contributed by atoms with Gasteiger partial charge in [0.2, 0.25) is 5.76 Å². The summed E-state index contributed by atoms with van der Waals surface area (Å²) in [6.45, 7) is 1.64. The van der Waals surface area contributed by atoms with Gasteiger partial charge in [-0.25, -0.2) is 4.79 Å². The minimum Gasteiger partial charge on any atom is -0.449 e. The van der Waals surface area contributed by atoms with Gasteiger partial charge < -0.3 is 9.15 Å². The Morgan fingerprint density at radius 2 is 2.19 bits per heavy atom. The third-order valence-electron chi connectivity index (χ3n) is 2.79. The monoisotopic (exact) mass is 285 g/mol. The van der Waals surface area contributed by atoms with Gasteiger partial charge in [0.05, 0.1) is 4.92 Å². The van der Waals surface area contributed by atoms with E-state index in [2.05, 4.69) is 5.92 Å². The lowest BCUT2D eigenvalue weighted by atomic mass is 10.1. The van der Waals surface area contributed by atoms with Crippen molar-refractivity contribution in [2.75, 3.05) is 6.61 Å². The molecule has 0 amide bonds. The first-order chi connectivity index (χ1) is 10.0. The fraction of sp³-hybridized carbons (Fsp3) is 0.133.